The van der Waals surface area contributed by atoms with Crippen molar-refractivity contribution in [2.45, 2.75) is 24.9 Å². The van der Waals surface area contributed by atoms with Crippen LogP contribution in [-0.2, 0) is 6.54 Å². The van der Waals surface area contributed by atoms with E-state index >= 15 is 0 Å². The Morgan fingerprint density at radius 2 is 1.56 bits per heavy atom. The van der Waals surface area contributed by atoms with Gasteiger partial charge in [0.25, 0.3) is 0 Å². The number of hydrogen-bond donors (Lipinski definition) is 1. The van der Waals surface area contributed by atoms with E-state index < -0.39 is 0 Å². The highest BCUT2D eigenvalue weighted by atomic mass is 15.3. The van der Waals surface area contributed by atoms with E-state index in [0.717, 1.165) is 13.1 Å². The van der Waals surface area contributed by atoms with Crippen molar-refractivity contribution >= 4 is 0 Å². The lowest BCUT2D eigenvalue weighted by Gasteiger charge is -2.36. The zero-order chi connectivity index (χ0) is 12.4. The van der Waals surface area contributed by atoms with Gasteiger partial charge < -0.3 is 5.73 Å². The molecule has 0 unspecified atom stereocenters. The zero-order valence-electron chi connectivity index (χ0n) is 11.0. The highest BCUT2D eigenvalue weighted by Crippen LogP contribution is 2.33. The van der Waals surface area contributed by atoms with E-state index in [1.807, 2.05) is 0 Å². The lowest BCUT2D eigenvalue weighted by Crippen LogP contribution is -2.50. The minimum atomic E-state index is 0.168. The van der Waals surface area contributed by atoms with Gasteiger partial charge in [0.2, 0.25) is 0 Å². The van der Waals surface area contributed by atoms with Crippen LogP contribution in [0.4, 0.5) is 0 Å². The van der Waals surface area contributed by atoms with E-state index in [-0.39, 0.29) is 5.54 Å². The fourth-order valence-electron chi connectivity index (χ4n) is 2.71. The molecule has 0 radical (unpaired) electrons. The van der Waals surface area contributed by atoms with Crippen LogP contribution in [0.2, 0.25) is 0 Å². The van der Waals surface area contributed by atoms with Crippen molar-refractivity contribution in [3.05, 3.63) is 35.9 Å². The van der Waals surface area contributed by atoms with Crippen LogP contribution in [0.1, 0.15) is 18.4 Å². The first-order valence-corrected chi connectivity index (χ1v) is 7.01. The van der Waals surface area contributed by atoms with E-state index in [1.165, 1.54) is 44.6 Å². The van der Waals surface area contributed by atoms with Crippen LogP contribution >= 0.6 is 0 Å². The summed E-state index contributed by atoms with van der Waals surface area (Å²) >= 11 is 0. The van der Waals surface area contributed by atoms with Gasteiger partial charge in [-0.3, -0.25) is 9.80 Å². The van der Waals surface area contributed by atoms with Crippen LogP contribution in [-0.4, -0.2) is 48.1 Å². The van der Waals surface area contributed by atoms with E-state index in [4.69, 9.17) is 5.73 Å². The third kappa shape index (κ3) is 3.10. The third-order valence-corrected chi connectivity index (χ3v) is 4.14. The highest BCUT2D eigenvalue weighted by Gasteiger charge is 2.39. The predicted molar refractivity (Wildman–Crippen MR) is 74.3 cm³/mol. The molecule has 1 heterocycles. The van der Waals surface area contributed by atoms with Crippen molar-refractivity contribution in [2.24, 2.45) is 5.73 Å². The molecule has 18 heavy (non-hydrogen) atoms. The molecule has 1 aliphatic carbocycles. The lowest BCUT2D eigenvalue weighted by molar-refractivity contribution is 0.119. The molecule has 1 saturated heterocycles. The molecule has 0 atom stereocenters. The average Bonchev–Trinajstić information content (AvgIpc) is 3.11. The molecule has 0 amide bonds. The number of rotatable bonds is 4. The van der Waals surface area contributed by atoms with Crippen molar-refractivity contribution in [2.75, 3.05) is 32.7 Å². The SMILES string of the molecule is NC1(CN2CCN(Cc3ccccc3)CC2)CC1. The summed E-state index contributed by atoms with van der Waals surface area (Å²) < 4.78 is 0. The number of nitrogens with zero attached hydrogens (tertiary/aromatic N) is 2. The van der Waals surface area contributed by atoms with E-state index in [0.29, 0.717) is 0 Å². The smallest absolute Gasteiger partial charge is 0.0284 e. The van der Waals surface area contributed by atoms with Crippen LogP contribution in [0, 0.1) is 0 Å². The zero-order valence-corrected chi connectivity index (χ0v) is 11.0. The first-order valence-electron chi connectivity index (χ1n) is 7.01. The van der Waals surface area contributed by atoms with Gasteiger partial charge in [-0.2, -0.15) is 0 Å². The predicted octanol–water partition coefficient (Wildman–Crippen LogP) is 1.30. The van der Waals surface area contributed by atoms with Gasteiger partial charge >= 0.3 is 0 Å². The summed E-state index contributed by atoms with van der Waals surface area (Å²) in [6.07, 6.45) is 2.44. The lowest BCUT2D eigenvalue weighted by atomic mass is 10.2. The maximum absolute atomic E-state index is 6.18. The average molecular weight is 245 g/mol. The molecular weight excluding hydrogens is 222 g/mol. The van der Waals surface area contributed by atoms with Gasteiger partial charge in [-0.1, -0.05) is 30.3 Å². The maximum atomic E-state index is 6.18. The quantitative estimate of drug-likeness (QED) is 0.868. The number of benzene rings is 1. The molecule has 0 aromatic heterocycles. The molecule has 0 bridgehead atoms. The summed E-state index contributed by atoms with van der Waals surface area (Å²) in [5.41, 5.74) is 7.77. The molecular formula is C15H23N3. The molecule has 1 saturated carbocycles. The van der Waals surface area contributed by atoms with Gasteiger partial charge in [0, 0.05) is 44.8 Å². The molecule has 1 aromatic carbocycles. The number of piperazine rings is 1. The molecule has 98 valence electrons. The second-order valence-corrected chi connectivity index (χ2v) is 5.90. The number of nitrogens with two attached hydrogens (primary N) is 1. The van der Waals surface area contributed by atoms with Crippen LogP contribution in [0.5, 0.6) is 0 Å². The summed E-state index contributed by atoms with van der Waals surface area (Å²) in [7, 11) is 0. The van der Waals surface area contributed by atoms with Crippen molar-refractivity contribution in [1.82, 2.24) is 9.80 Å². The first-order chi connectivity index (χ1) is 8.73. The fourth-order valence-corrected chi connectivity index (χ4v) is 2.71. The Labute approximate surface area is 110 Å². The standard InChI is InChI=1S/C15H23N3/c16-15(6-7-15)13-18-10-8-17(9-11-18)12-14-4-2-1-3-5-14/h1-5H,6-13,16H2. The Morgan fingerprint density at radius 3 is 2.17 bits per heavy atom. The summed E-state index contributed by atoms with van der Waals surface area (Å²) in [5.74, 6) is 0. The van der Waals surface area contributed by atoms with E-state index in [9.17, 15) is 0 Å². The van der Waals surface area contributed by atoms with Crippen LogP contribution in [0.25, 0.3) is 0 Å². The van der Waals surface area contributed by atoms with Crippen LogP contribution in [0.3, 0.4) is 0 Å². The second kappa shape index (κ2) is 5.00. The molecule has 2 N–H and O–H groups in total. The van der Waals surface area contributed by atoms with Gasteiger partial charge in [-0.15, -0.1) is 0 Å². The Morgan fingerprint density at radius 1 is 0.944 bits per heavy atom. The van der Waals surface area contributed by atoms with Gasteiger partial charge in [-0.25, -0.2) is 0 Å². The normalized spacial score (nSPS) is 24.1. The summed E-state index contributed by atoms with van der Waals surface area (Å²) in [5, 5.41) is 0. The first kappa shape index (κ1) is 12.2. The molecule has 3 rings (SSSR count). The van der Waals surface area contributed by atoms with Gasteiger partial charge in [0.05, 0.1) is 0 Å². The molecule has 1 aliphatic heterocycles. The van der Waals surface area contributed by atoms with Crippen molar-refractivity contribution in [3.8, 4) is 0 Å². The van der Waals surface area contributed by atoms with Crippen LogP contribution < -0.4 is 5.73 Å². The Balaban J connectivity index is 1.45. The summed E-state index contributed by atoms with van der Waals surface area (Å²) in [4.78, 5) is 5.08. The van der Waals surface area contributed by atoms with Gasteiger partial charge in [0.15, 0.2) is 0 Å². The molecule has 0 spiro atoms. The minimum absolute atomic E-state index is 0.168. The van der Waals surface area contributed by atoms with E-state index in [1.54, 1.807) is 0 Å². The maximum Gasteiger partial charge on any atom is 0.0284 e. The Kier molecular flexibility index (Phi) is 3.37. The van der Waals surface area contributed by atoms with Crippen molar-refractivity contribution in [3.63, 3.8) is 0 Å². The molecule has 2 fully saturated rings. The highest BCUT2D eigenvalue weighted by molar-refractivity contribution is 5.14. The Bertz CT molecular complexity index is 378. The third-order valence-electron chi connectivity index (χ3n) is 4.14. The van der Waals surface area contributed by atoms with Crippen LogP contribution in [0.15, 0.2) is 30.3 Å². The number of hydrogen-bond acceptors (Lipinski definition) is 3. The molecule has 3 heteroatoms. The second-order valence-electron chi connectivity index (χ2n) is 5.90. The summed E-state index contributed by atoms with van der Waals surface area (Å²) in [6.45, 7) is 6.88. The molecule has 1 aromatic rings. The van der Waals surface area contributed by atoms with Gasteiger partial charge in [0.1, 0.15) is 0 Å². The molecule has 2 aliphatic rings. The Hall–Kier alpha value is -0.900. The minimum Gasteiger partial charge on any atom is -0.324 e. The van der Waals surface area contributed by atoms with Crippen molar-refractivity contribution in [1.29, 1.82) is 0 Å². The van der Waals surface area contributed by atoms with E-state index in [2.05, 4.69) is 40.1 Å². The monoisotopic (exact) mass is 245 g/mol. The molecule has 3 nitrogen and oxygen atoms in total. The fraction of sp³-hybridized carbons (Fsp3) is 0.600. The van der Waals surface area contributed by atoms with Gasteiger partial charge in [-0.05, 0) is 18.4 Å². The topological polar surface area (TPSA) is 32.5 Å². The van der Waals surface area contributed by atoms with Crippen molar-refractivity contribution < 1.29 is 0 Å². The summed E-state index contributed by atoms with van der Waals surface area (Å²) in [6, 6.07) is 10.8. The largest absolute Gasteiger partial charge is 0.324 e.